The topological polar surface area (TPSA) is 80.9 Å². The Morgan fingerprint density at radius 3 is 2.61 bits per heavy atom. The number of rotatable bonds is 8. The number of aliphatic imine (C=N–C) groups is 1. The Labute approximate surface area is 195 Å². The predicted molar refractivity (Wildman–Crippen MR) is 129 cm³/mol. The molecular formula is C26H32N4O3. The molecule has 0 bridgehead atoms. The van der Waals surface area contributed by atoms with Crippen LogP contribution in [0.1, 0.15) is 35.2 Å². The normalized spacial score (nSPS) is 14.9. The van der Waals surface area contributed by atoms with E-state index in [1.165, 1.54) is 16.7 Å². The van der Waals surface area contributed by atoms with Crippen LogP contribution in [0, 0.1) is 6.92 Å². The Kier molecular flexibility index (Phi) is 8.11. The van der Waals surface area contributed by atoms with Crippen LogP contribution in [0.5, 0.6) is 0 Å². The van der Waals surface area contributed by atoms with E-state index in [0.717, 1.165) is 37.3 Å². The second-order valence-corrected chi connectivity index (χ2v) is 8.23. The fraction of sp³-hybridized carbons (Fsp3) is 0.385. The monoisotopic (exact) mass is 448 g/mol. The lowest BCUT2D eigenvalue weighted by molar-refractivity contribution is -0.0390. The van der Waals surface area contributed by atoms with Gasteiger partial charge in [-0.25, -0.2) is 4.98 Å². The first kappa shape index (κ1) is 23.0. The summed E-state index contributed by atoms with van der Waals surface area (Å²) in [5.41, 5.74) is 5.35. The molecule has 33 heavy (non-hydrogen) atoms. The number of nitrogens with one attached hydrogen (secondary N) is 2. The summed E-state index contributed by atoms with van der Waals surface area (Å²) in [4.78, 5) is 8.88. The molecule has 0 aliphatic carbocycles. The van der Waals surface area contributed by atoms with Gasteiger partial charge in [-0.1, -0.05) is 42.0 Å². The van der Waals surface area contributed by atoms with Crippen LogP contribution in [-0.4, -0.2) is 37.3 Å². The van der Waals surface area contributed by atoms with Gasteiger partial charge < -0.3 is 24.5 Å². The van der Waals surface area contributed by atoms with Crippen LogP contribution in [0.15, 0.2) is 64.2 Å². The van der Waals surface area contributed by atoms with Gasteiger partial charge in [0, 0.05) is 32.4 Å². The number of guanidine groups is 1. The van der Waals surface area contributed by atoms with Gasteiger partial charge in [-0.3, -0.25) is 4.99 Å². The van der Waals surface area contributed by atoms with E-state index < -0.39 is 0 Å². The molecule has 0 spiro atoms. The highest BCUT2D eigenvalue weighted by Crippen LogP contribution is 2.19. The molecular weight excluding hydrogens is 416 g/mol. The van der Waals surface area contributed by atoms with Crippen LogP contribution < -0.4 is 10.6 Å². The van der Waals surface area contributed by atoms with Crippen molar-refractivity contribution >= 4 is 5.96 Å². The van der Waals surface area contributed by atoms with Gasteiger partial charge in [-0.15, -0.1) is 0 Å². The van der Waals surface area contributed by atoms with Crippen molar-refractivity contribution in [2.75, 3.05) is 20.3 Å². The molecule has 0 radical (unpaired) electrons. The highest BCUT2D eigenvalue weighted by Gasteiger charge is 2.14. The molecule has 0 saturated carbocycles. The molecule has 2 heterocycles. The Hall–Kier alpha value is -3.16. The lowest BCUT2D eigenvalue weighted by Gasteiger charge is -2.22. The van der Waals surface area contributed by atoms with Crippen LogP contribution in [0.25, 0.3) is 11.5 Å². The molecule has 7 heteroatoms. The van der Waals surface area contributed by atoms with E-state index >= 15 is 0 Å². The lowest BCUT2D eigenvalue weighted by atomic mass is 10.1. The van der Waals surface area contributed by atoms with Gasteiger partial charge >= 0.3 is 0 Å². The third-order valence-corrected chi connectivity index (χ3v) is 5.62. The van der Waals surface area contributed by atoms with Gasteiger partial charge in [-0.05, 0) is 43.0 Å². The maximum atomic E-state index is 6.05. The fourth-order valence-corrected chi connectivity index (χ4v) is 3.68. The number of benzene rings is 2. The van der Waals surface area contributed by atoms with Crippen LogP contribution in [-0.2, 0) is 29.2 Å². The molecule has 7 nitrogen and oxygen atoms in total. The van der Waals surface area contributed by atoms with Gasteiger partial charge in [-0.2, -0.15) is 0 Å². The molecule has 3 aromatic rings. The van der Waals surface area contributed by atoms with E-state index in [4.69, 9.17) is 13.9 Å². The van der Waals surface area contributed by atoms with E-state index in [1.807, 2.05) is 12.1 Å². The number of hydrogen-bond acceptors (Lipinski definition) is 5. The Bertz CT molecular complexity index is 1040. The largest absolute Gasteiger partial charge is 0.444 e. The minimum atomic E-state index is 0.298. The third kappa shape index (κ3) is 6.91. The molecule has 0 atom stereocenters. The number of aryl methyl sites for hydroxylation is 1. The SMILES string of the molecule is CN=C(NCc1cccc(COC2CCOCC2)c1)NCc1coc(-c2ccc(C)cc2)n1. The van der Waals surface area contributed by atoms with Crippen molar-refractivity contribution in [1.82, 2.24) is 15.6 Å². The number of hydrogen-bond donors (Lipinski definition) is 2. The first-order valence-electron chi connectivity index (χ1n) is 11.4. The molecule has 1 aliphatic rings. The maximum absolute atomic E-state index is 6.05. The van der Waals surface area contributed by atoms with Gasteiger partial charge in [0.1, 0.15) is 6.26 Å². The summed E-state index contributed by atoms with van der Waals surface area (Å²) < 4.78 is 17.1. The summed E-state index contributed by atoms with van der Waals surface area (Å²) in [6.07, 6.45) is 3.92. The van der Waals surface area contributed by atoms with Gasteiger partial charge in [0.2, 0.25) is 5.89 Å². The Morgan fingerprint density at radius 1 is 1.06 bits per heavy atom. The van der Waals surface area contributed by atoms with E-state index in [2.05, 4.69) is 63.9 Å². The first-order chi connectivity index (χ1) is 16.2. The van der Waals surface area contributed by atoms with Crippen LogP contribution in [0.2, 0.25) is 0 Å². The minimum absolute atomic E-state index is 0.298. The highest BCUT2D eigenvalue weighted by molar-refractivity contribution is 5.79. The number of oxazole rings is 1. The summed E-state index contributed by atoms with van der Waals surface area (Å²) in [6.45, 7) is 5.46. The quantitative estimate of drug-likeness (QED) is 0.397. The van der Waals surface area contributed by atoms with Crippen molar-refractivity contribution < 1.29 is 13.9 Å². The van der Waals surface area contributed by atoms with E-state index in [0.29, 0.717) is 37.7 Å². The van der Waals surface area contributed by atoms with Gasteiger partial charge in [0.15, 0.2) is 5.96 Å². The Morgan fingerprint density at radius 2 is 1.82 bits per heavy atom. The molecule has 1 aliphatic heterocycles. The summed E-state index contributed by atoms with van der Waals surface area (Å²) in [5, 5.41) is 6.65. The number of ether oxygens (including phenoxy) is 2. The molecule has 1 aromatic heterocycles. The van der Waals surface area contributed by atoms with Crippen molar-refractivity contribution in [2.24, 2.45) is 4.99 Å². The van der Waals surface area contributed by atoms with Crippen molar-refractivity contribution in [3.63, 3.8) is 0 Å². The maximum Gasteiger partial charge on any atom is 0.226 e. The fourth-order valence-electron chi connectivity index (χ4n) is 3.68. The minimum Gasteiger partial charge on any atom is -0.444 e. The molecule has 174 valence electrons. The molecule has 4 rings (SSSR count). The second-order valence-electron chi connectivity index (χ2n) is 8.23. The predicted octanol–water partition coefficient (Wildman–Crippen LogP) is 4.21. The van der Waals surface area contributed by atoms with E-state index in [9.17, 15) is 0 Å². The summed E-state index contributed by atoms with van der Waals surface area (Å²) >= 11 is 0. The first-order valence-corrected chi connectivity index (χ1v) is 11.4. The smallest absolute Gasteiger partial charge is 0.226 e. The lowest BCUT2D eigenvalue weighted by Crippen LogP contribution is -2.36. The highest BCUT2D eigenvalue weighted by atomic mass is 16.5. The van der Waals surface area contributed by atoms with E-state index in [1.54, 1.807) is 13.3 Å². The third-order valence-electron chi connectivity index (χ3n) is 5.62. The average Bonchev–Trinajstić information content (AvgIpc) is 3.33. The van der Waals surface area contributed by atoms with Crippen LogP contribution in [0.4, 0.5) is 0 Å². The van der Waals surface area contributed by atoms with Gasteiger partial charge in [0.05, 0.1) is 24.9 Å². The molecule has 1 saturated heterocycles. The zero-order valence-corrected chi connectivity index (χ0v) is 19.3. The number of nitrogens with zero attached hydrogens (tertiary/aromatic N) is 2. The van der Waals surface area contributed by atoms with Crippen molar-refractivity contribution in [1.29, 1.82) is 0 Å². The second kappa shape index (κ2) is 11.6. The molecule has 1 fully saturated rings. The van der Waals surface area contributed by atoms with Crippen molar-refractivity contribution in [3.05, 3.63) is 77.2 Å². The average molecular weight is 449 g/mol. The van der Waals surface area contributed by atoms with Crippen molar-refractivity contribution in [2.45, 2.75) is 45.6 Å². The zero-order chi connectivity index (χ0) is 22.9. The summed E-state index contributed by atoms with van der Waals surface area (Å²) in [6, 6.07) is 16.6. The summed E-state index contributed by atoms with van der Waals surface area (Å²) in [5.74, 6) is 1.33. The van der Waals surface area contributed by atoms with E-state index in [-0.39, 0.29) is 0 Å². The molecule has 0 unspecified atom stereocenters. The van der Waals surface area contributed by atoms with Crippen LogP contribution >= 0.6 is 0 Å². The summed E-state index contributed by atoms with van der Waals surface area (Å²) in [7, 11) is 1.76. The Balaban J connectivity index is 1.24. The molecule has 0 amide bonds. The molecule has 2 aromatic carbocycles. The zero-order valence-electron chi connectivity index (χ0n) is 19.3. The molecule has 2 N–H and O–H groups in total. The van der Waals surface area contributed by atoms with Crippen LogP contribution in [0.3, 0.4) is 0 Å². The standard InChI is InChI=1S/C26H32N4O3/c1-19-6-8-22(9-7-19)25-30-23(18-33-25)16-29-26(27-2)28-15-20-4-3-5-21(14-20)17-32-24-10-12-31-13-11-24/h3-9,14,18,24H,10-13,15-17H2,1-2H3,(H2,27,28,29). The van der Waals surface area contributed by atoms with Gasteiger partial charge in [0.25, 0.3) is 0 Å². The van der Waals surface area contributed by atoms with Crippen molar-refractivity contribution in [3.8, 4) is 11.5 Å². The number of aromatic nitrogens is 1.